The lowest BCUT2D eigenvalue weighted by atomic mass is 10.1. The summed E-state index contributed by atoms with van der Waals surface area (Å²) in [6, 6.07) is -1.84. The molecular formula is C9H15F6N. The van der Waals surface area contributed by atoms with Gasteiger partial charge in [0.2, 0.25) is 0 Å². The smallest absolute Gasteiger partial charge is 0.306 e. The second-order valence-electron chi connectivity index (χ2n) is 3.56. The molecule has 0 aliphatic rings. The number of hydrogen-bond acceptors (Lipinski definition) is 1. The van der Waals surface area contributed by atoms with Gasteiger partial charge in [0.15, 0.2) is 0 Å². The number of alkyl halides is 6. The van der Waals surface area contributed by atoms with Crippen LogP contribution in [0, 0.1) is 0 Å². The van der Waals surface area contributed by atoms with Gasteiger partial charge in [-0.15, -0.1) is 0 Å². The zero-order chi connectivity index (χ0) is 12.8. The van der Waals surface area contributed by atoms with Crippen molar-refractivity contribution in [3.63, 3.8) is 0 Å². The van der Waals surface area contributed by atoms with Gasteiger partial charge in [0.25, 0.3) is 0 Å². The third-order valence-electron chi connectivity index (χ3n) is 1.99. The summed E-state index contributed by atoms with van der Waals surface area (Å²) in [6.45, 7) is 1.84. The van der Waals surface area contributed by atoms with Crippen LogP contribution >= 0.6 is 0 Å². The van der Waals surface area contributed by atoms with Crippen molar-refractivity contribution in [2.45, 2.75) is 51.0 Å². The topological polar surface area (TPSA) is 12.0 Å². The Morgan fingerprint density at radius 3 is 2.00 bits per heavy atom. The molecule has 0 aromatic rings. The summed E-state index contributed by atoms with van der Waals surface area (Å²) in [5.41, 5.74) is 0. The quantitative estimate of drug-likeness (QED) is 0.710. The maximum atomic E-state index is 12.3. The van der Waals surface area contributed by atoms with Crippen molar-refractivity contribution < 1.29 is 26.3 Å². The molecule has 0 aromatic carbocycles. The number of hydrogen-bond donors (Lipinski definition) is 1. The van der Waals surface area contributed by atoms with E-state index in [4.69, 9.17) is 0 Å². The van der Waals surface area contributed by atoms with Gasteiger partial charge in [-0.2, -0.15) is 26.3 Å². The van der Waals surface area contributed by atoms with E-state index in [0.717, 1.165) is 0 Å². The van der Waals surface area contributed by atoms with E-state index in [1.807, 2.05) is 0 Å². The van der Waals surface area contributed by atoms with Crippen LogP contribution in [0.15, 0.2) is 0 Å². The summed E-state index contributed by atoms with van der Waals surface area (Å²) in [7, 11) is 0. The number of halogens is 6. The van der Waals surface area contributed by atoms with Crippen LogP contribution < -0.4 is 5.32 Å². The van der Waals surface area contributed by atoms with E-state index in [9.17, 15) is 26.3 Å². The van der Waals surface area contributed by atoms with Gasteiger partial charge >= 0.3 is 12.4 Å². The summed E-state index contributed by atoms with van der Waals surface area (Å²) in [6.07, 6.45) is -10.6. The SMILES string of the molecule is CCCNC(CCCC(F)(F)F)C(F)(F)F. The summed E-state index contributed by atoms with van der Waals surface area (Å²) < 4.78 is 72.2. The lowest BCUT2D eigenvalue weighted by Gasteiger charge is -2.21. The molecule has 0 fully saturated rings. The van der Waals surface area contributed by atoms with Crippen molar-refractivity contribution in [1.29, 1.82) is 0 Å². The largest absolute Gasteiger partial charge is 0.403 e. The highest BCUT2D eigenvalue weighted by atomic mass is 19.4. The van der Waals surface area contributed by atoms with Gasteiger partial charge in [-0.25, -0.2) is 0 Å². The molecule has 0 amide bonds. The number of nitrogens with one attached hydrogen (secondary N) is 1. The van der Waals surface area contributed by atoms with E-state index in [2.05, 4.69) is 5.32 Å². The molecular weight excluding hydrogens is 236 g/mol. The van der Waals surface area contributed by atoms with Crippen LogP contribution in [-0.4, -0.2) is 24.9 Å². The van der Waals surface area contributed by atoms with Crippen LogP contribution in [0.3, 0.4) is 0 Å². The first-order valence-corrected chi connectivity index (χ1v) is 5.03. The first-order valence-electron chi connectivity index (χ1n) is 5.03. The van der Waals surface area contributed by atoms with E-state index in [-0.39, 0.29) is 6.54 Å². The first-order chi connectivity index (χ1) is 7.17. The van der Waals surface area contributed by atoms with Crippen LogP contribution in [0.2, 0.25) is 0 Å². The lowest BCUT2D eigenvalue weighted by Crippen LogP contribution is -2.42. The molecule has 1 N–H and O–H groups in total. The molecule has 0 aliphatic heterocycles. The Kier molecular flexibility index (Phi) is 6.14. The second kappa shape index (κ2) is 6.32. The lowest BCUT2D eigenvalue weighted by molar-refractivity contribution is -0.163. The third-order valence-corrected chi connectivity index (χ3v) is 1.99. The molecule has 1 nitrogen and oxygen atoms in total. The van der Waals surface area contributed by atoms with E-state index >= 15 is 0 Å². The van der Waals surface area contributed by atoms with Crippen molar-refractivity contribution in [3.05, 3.63) is 0 Å². The zero-order valence-corrected chi connectivity index (χ0v) is 8.88. The zero-order valence-electron chi connectivity index (χ0n) is 8.88. The number of rotatable bonds is 6. The molecule has 16 heavy (non-hydrogen) atoms. The van der Waals surface area contributed by atoms with E-state index in [1.54, 1.807) is 6.92 Å². The van der Waals surface area contributed by atoms with E-state index in [0.29, 0.717) is 6.42 Å². The summed E-state index contributed by atoms with van der Waals surface area (Å²) >= 11 is 0. The predicted molar refractivity (Wildman–Crippen MR) is 48.0 cm³/mol. The van der Waals surface area contributed by atoms with Crippen LogP contribution in [-0.2, 0) is 0 Å². The molecule has 98 valence electrons. The Labute approximate surface area is 90.2 Å². The van der Waals surface area contributed by atoms with Crippen molar-refractivity contribution in [3.8, 4) is 0 Å². The average molecular weight is 251 g/mol. The van der Waals surface area contributed by atoms with Gasteiger partial charge in [-0.05, 0) is 25.8 Å². The predicted octanol–water partition coefficient (Wildman–Crippen LogP) is 3.65. The Morgan fingerprint density at radius 2 is 1.62 bits per heavy atom. The molecule has 1 atom stereocenters. The van der Waals surface area contributed by atoms with Gasteiger partial charge in [0.05, 0.1) is 0 Å². The fourth-order valence-electron chi connectivity index (χ4n) is 1.21. The summed E-state index contributed by atoms with van der Waals surface area (Å²) in [5.74, 6) is 0. The molecule has 0 aromatic heterocycles. The molecule has 0 saturated heterocycles. The van der Waals surface area contributed by atoms with Crippen LogP contribution in [0.1, 0.15) is 32.6 Å². The Bertz CT molecular complexity index is 185. The van der Waals surface area contributed by atoms with Gasteiger partial charge in [-0.3, -0.25) is 0 Å². The minimum atomic E-state index is -4.49. The van der Waals surface area contributed by atoms with Gasteiger partial charge in [0.1, 0.15) is 6.04 Å². The molecule has 0 bridgehead atoms. The summed E-state index contributed by atoms with van der Waals surface area (Å²) in [4.78, 5) is 0. The molecule has 0 rings (SSSR count). The van der Waals surface area contributed by atoms with E-state index < -0.39 is 37.7 Å². The highest BCUT2D eigenvalue weighted by Crippen LogP contribution is 2.27. The van der Waals surface area contributed by atoms with E-state index in [1.165, 1.54) is 0 Å². The van der Waals surface area contributed by atoms with Gasteiger partial charge in [0, 0.05) is 6.42 Å². The van der Waals surface area contributed by atoms with Gasteiger partial charge < -0.3 is 5.32 Å². The third kappa shape index (κ3) is 7.78. The Morgan fingerprint density at radius 1 is 1.06 bits per heavy atom. The van der Waals surface area contributed by atoms with Crippen LogP contribution in [0.25, 0.3) is 0 Å². The molecule has 0 saturated carbocycles. The molecule has 0 aliphatic carbocycles. The van der Waals surface area contributed by atoms with Gasteiger partial charge in [-0.1, -0.05) is 6.92 Å². The highest BCUT2D eigenvalue weighted by Gasteiger charge is 2.39. The monoisotopic (exact) mass is 251 g/mol. The van der Waals surface area contributed by atoms with Crippen LogP contribution in [0.4, 0.5) is 26.3 Å². The van der Waals surface area contributed by atoms with Crippen molar-refractivity contribution in [2.24, 2.45) is 0 Å². The molecule has 7 heteroatoms. The fraction of sp³-hybridized carbons (Fsp3) is 1.00. The summed E-state index contributed by atoms with van der Waals surface area (Å²) in [5, 5.41) is 2.20. The Balaban J connectivity index is 4.03. The minimum Gasteiger partial charge on any atom is -0.306 e. The average Bonchev–Trinajstić information content (AvgIpc) is 2.06. The second-order valence-corrected chi connectivity index (χ2v) is 3.56. The molecule has 0 heterocycles. The molecule has 0 radical (unpaired) electrons. The van der Waals surface area contributed by atoms with Crippen LogP contribution in [0.5, 0.6) is 0 Å². The fourth-order valence-corrected chi connectivity index (χ4v) is 1.21. The van der Waals surface area contributed by atoms with Crippen molar-refractivity contribution >= 4 is 0 Å². The maximum Gasteiger partial charge on any atom is 0.403 e. The Hall–Kier alpha value is -0.460. The standard InChI is InChI=1S/C9H15F6N/c1-2-6-16-7(9(13,14)15)4-3-5-8(10,11)12/h7,16H,2-6H2,1H3. The molecule has 0 spiro atoms. The normalized spacial score (nSPS) is 15.2. The highest BCUT2D eigenvalue weighted by molar-refractivity contribution is 4.75. The maximum absolute atomic E-state index is 12.3. The minimum absolute atomic E-state index is 0.149. The first kappa shape index (κ1) is 15.5. The van der Waals surface area contributed by atoms with Crippen molar-refractivity contribution in [2.75, 3.05) is 6.54 Å². The molecule has 1 unspecified atom stereocenters. The van der Waals surface area contributed by atoms with Crippen molar-refractivity contribution in [1.82, 2.24) is 5.32 Å².